The zero-order chi connectivity index (χ0) is 11.8. The molecule has 0 fully saturated rings. The molecule has 0 saturated heterocycles. The molecule has 1 atom stereocenters. The first-order valence-electron chi connectivity index (χ1n) is 6.09. The fraction of sp³-hybridized carbons (Fsp3) is 0.571. The van der Waals surface area contributed by atoms with E-state index in [1.807, 2.05) is 6.92 Å². The smallest absolute Gasteiger partial charge is 0.0469 e. The average molecular weight is 221 g/mol. The van der Waals surface area contributed by atoms with Crippen LogP contribution in [0.4, 0.5) is 0 Å². The van der Waals surface area contributed by atoms with Crippen molar-refractivity contribution in [3.63, 3.8) is 0 Å². The molecule has 1 rings (SSSR count). The number of aryl methyl sites for hydroxylation is 1. The Morgan fingerprint density at radius 1 is 1.25 bits per heavy atom. The summed E-state index contributed by atoms with van der Waals surface area (Å²) in [4.78, 5) is 0. The molecule has 2 N–H and O–H groups in total. The molecule has 0 radical (unpaired) electrons. The molecular weight excluding hydrogens is 198 g/mol. The van der Waals surface area contributed by atoms with Crippen molar-refractivity contribution in [2.75, 3.05) is 19.8 Å². The molecule has 0 aliphatic carbocycles. The first-order valence-corrected chi connectivity index (χ1v) is 6.09. The normalized spacial score (nSPS) is 12.7. The Hall–Kier alpha value is -0.860. The van der Waals surface area contributed by atoms with Gasteiger partial charge in [0.05, 0.1) is 0 Å². The van der Waals surface area contributed by atoms with Gasteiger partial charge in [-0.2, -0.15) is 0 Å². The second-order valence-electron chi connectivity index (χ2n) is 4.28. The first-order chi connectivity index (χ1) is 7.76. The van der Waals surface area contributed by atoms with E-state index in [9.17, 15) is 0 Å². The van der Waals surface area contributed by atoms with Crippen LogP contribution in [-0.4, -0.2) is 19.8 Å². The van der Waals surface area contributed by atoms with Crippen molar-refractivity contribution in [1.29, 1.82) is 0 Å². The van der Waals surface area contributed by atoms with E-state index < -0.39 is 0 Å². The maximum Gasteiger partial charge on any atom is 0.0469 e. The molecule has 1 aromatic rings. The van der Waals surface area contributed by atoms with E-state index in [1.54, 1.807) is 0 Å². The summed E-state index contributed by atoms with van der Waals surface area (Å²) in [6.07, 6.45) is 2.11. The quantitative estimate of drug-likeness (QED) is 0.718. The van der Waals surface area contributed by atoms with Gasteiger partial charge >= 0.3 is 0 Å². The van der Waals surface area contributed by atoms with Crippen LogP contribution in [0.3, 0.4) is 0 Å². The summed E-state index contributed by atoms with van der Waals surface area (Å²) in [5.74, 6) is 0.536. The molecule has 0 aromatic heterocycles. The van der Waals surface area contributed by atoms with Crippen LogP contribution in [0.5, 0.6) is 0 Å². The molecule has 0 bridgehead atoms. The molecule has 0 amide bonds. The second-order valence-corrected chi connectivity index (χ2v) is 4.28. The van der Waals surface area contributed by atoms with Crippen molar-refractivity contribution in [3.05, 3.63) is 35.4 Å². The molecule has 0 heterocycles. The van der Waals surface area contributed by atoms with E-state index in [0.29, 0.717) is 5.92 Å². The monoisotopic (exact) mass is 221 g/mol. The van der Waals surface area contributed by atoms with Crippen LogP contribution in [0.1, 0.15) is 24.5 Å². The molecule has 1 unspecified atom stereocenters. The lowest BCUT2D eigenvalue weighted by molar-refractivity contribution is 0.133. The number of rotatable bonds is 7. The van der Waals surface area contributed by atoms with Crippen LogP contribution < -0.4 is 5.73 Å². The van der Waals surface area contributed by atoms with Crippen LogP contribution in [0.15, 0.2) is 24.3 Å². The summed E-state index contributed by atoms with van der Waals surface area (Å²) in [6.45, 7) is 6.49. The molecule has 0 spiro atoms. The average Bonchev–Trinajstić information content (AvgIpc) is 2.31. The lowest BCUT2D eigenvalue weighted by atomic mass is 9.96. The van der Waals surface area contributed by atoms with Crippen molar-refractivity contribution >= 4 is 0 Å². The van der Waals surface area contributed by atoms with Gasteiger partial charge in [-0.05, 0) is 44.7 Å². The Morgan fingerprint density at radius 2 is 1.94 bits per heavy atom. The van der Waals surface area contributed by atoms with Crippen LogP contribution in [0.2, 0.25) is 0 Å². The summed E-state index contributed by atoms with van der Waals surface area (Å²) < 4.78 is 5.37. The number of hydrogen-bond donors (Lipinski definition) is 1. The zero-order valence-electron chi connectivity index (χ0n) is 10.4. The summed E-state index contributed by atoms with van der Waals surface area (Å²) in [6, 6.07) is 8.70. The number of hydrogen-bond acceptors (Lipinski definition) is 2. The van der Waals surface area contributed by atoms with Gasteiger partial charge in [0.1, 0.15) is 0 Å². The van der Waals surface area contributed by atoms with Gasteiger partial charge in [-0.1, -0.05) is 29.8 Å². The molecule has 0 saturated carbocycles. The fourth-order valence-corrected chi connectivity index (χ4v) is 1.76. The first kappa shape index (κ1) is 13.2. The number of ether oxygens (including phenoxy) is 1. The Balaban J connectivity index is 2.40. The largest absolute Gasteiger partial charge is 0.382 e. The van der Waals surface area contributed by atoms with E-state index in [1.165, 1.54) is 11.1 Å². The van der Waals surface area contributed by atoms with Crippen molar-refractivity contribution < 1.29 is 4.74 Å². The van der Waals surface area contributed by atoms with E-state index >= 15 is 0 Å². The minimum atomic E-state index is 0.536. The molecule has 0 aliphatic rings. The molecule has 1 aromatic carbocycles. The third-order valence-electron chi connectivity index (χ3n) is 2.85. The van der Waals surface area contributed by atoms with Crippen LogP contribution in [0.25, 0.3) is 0 Å². The molecule has 16 heavy (non-hydrogen) atoms. The van der Waals surface area contributed by atoms with Crippen LogP contribution in [-0.2, 0) is 11.2 Å². The SMILES string of the molecule is CCOCCC(CN)Cc1ccc(C)cc1. The lowest BCUT2D eigenvalue weighted by Crippen LogP contribution is -2.18. The maximum atomic E-state index is 5.78. The lowest BCUT2D eigenvalue weighted by Gasteiger charge is -2.14. The Morgan fingerprint density at radius 3 is 2.50 bits per heavy atom. The van der Waals surface area contributed by atoms with Crippen LogP contribution >= 0.6 is 0 Å². The van der Waals surface area contributed by atoms with E-state index in [2.05, 4.69) is 31.2 Å². The Labute approximate surface area is 98.8 Å². The van der Waals surface area contributed by atoms with Gasteiger partial charge in [-0.25, -0.2) is 0 Å². The topological polar surface area (TPSA) is 35.2 Å². The molecular formula is C14H23NO. The highest BCUT2D eigenvalue weighted by Crippen LogP contribution is 2.12. The molecule has 2 heteroatoms. The maximum absolute atomic E-state index is 5.78. The second kappa shape index (κ2) is 7.42. The summed E-state index contributed by atoms with van der Waals surface area (Å²) in [7, 11) is 0. The summed E-state index contributed by atoms with van der Waals surface area (Å²) >= 11 is 0. The van der Waals surface area contributed by atoms with Gasteiger partial charge in [0.2, 0.25) is 0 Å². The van der Waals surface area contributed by atoms with Gasteiger partial charge in [0, 0.05) is 13.2 Å². The summed E-state index contributed by atoms with van der Waals surface area (Å²) in [5, 5.41) is 0. The van der Waals surface area contributed by atoms with Crippen molar-refractivity contribution in [1.82, 2.24) is 0 Å². The van der Waals surface area contributed by atoms with Gasteiger partial charge in [-0.3, -0.25) is 0 Å². The third-order valence-corrected chi connectivity index (χ3v) is 2.85. The predicted octanol–water partition coefficient (Wildman–Crippen LogP) is 2.54. The molecule has 0 aliphatic heterocycles. The van der Waals surface area contributed by atoms with Gasteiger partial charge < -0.3 is 10.5 Å². The van der Waals surface area contributed by atoms with Gasteiger partial charge in [-0.15, -0.1) is 0 Å². The summed E-state index contributed by atoms with van der Waals surface area (Å²) in [5.41, 5.74) is 8.46. The van der Waals surface area contributed by atoms with Crippen molar-refractivity contribution in [2.24, 2.45) is 11.7 Å². The molecule has 90 valence electrons. The minimum Gasteiger partial charge on any atom is -0.382 e. The van der Waals surface area contributed by atoms with E-state index in [4.69, 9.17) is 10.5 Å². The van der Waals surface area contributed by atoms with Crippen LogP contribution in [0, 0.1) is 12.8 Å². The predicted molar refractivity (Wildman–Crippen MR) is 68.5 cm³/mol. The number of nitrogens with two attached hydrogens (primary N) is 1. The fourth-order valence-electron chi connectivity index (χ4n) is 1.76. The van der Waals surface area contributed by atoms with Gasteiger partial charge in [0.25, 0.3) is 0 Å². The highest BCUT2D eigenvalue weighted by Gasteiger charge is 2.07. The third kappa shape index (κ3) is 4.77. The van der Waals surface area contributed by atoms with Crippen molar-refractivity contribution in [3.8, 4) is 0 Å². The standard InChI is InChI=1S/C14H23NO/c1-3-16-9-8-14(11-15)10-13-6-4-12(2)5-7-13/h4-7,14H,3,8-11,15H2,1-2H3. The highest BCUT2D eigenvalue weighted by atomic mass is 16.5. The molecule has 2 nitrogen and oxygen atoms in total. The van der Waals surface area contributed by atoms with Gasteiger partial charge in [0.15, 0.2) is 0 Å². The zero-order valence-corrected chi connectivity index (χ0v) is 10.4. The Bertz CT molecular complexity index is 281. The van der Waals surface area contributed by atoms with E-state index in [0.717, 1.165) is 32.6 Å². The minimum absolute atomic E-state index is 0.536. The van der Waals surface area contributed by atoms with Crippen molar-refractivity contribution in [2.45, 2.75) is 26.7 Å². The van der Waals surface area contributed by atoms with E-state index in [-0.39, 0.29) is 0 Å². The number of benzene rings is 1. The highest BCUT2D eigenvalue weighted by molar-refractivity contribution is 5.21. The Kier molecular flexibility index (Phi) is 6.12.